The predicted molar refractivity (Wildman–Crippen MR) is 130 cm³/mol. The molecule has 1 aliphatic rings. The number of hydrogen-bond acceptors (Lipinski definition) is 3. The van der Waals surface area contributed by atoms with E-state index >= 15 is 0 Å². The predicted octanol–water partition coefficient (Wildman–Crippen LogP) is 5.52. The summed E-state index contributed by atoms with van der Waals surface area (Å²) in [5.41, 5.74) is 1.46. The summed E-state index contributed by atoms with van der Waals surface area (Å²) >= 11 is 12.2. The van der Waals surface area contributed by atoms with Crippen molar-refractivity contribution in [3.8, 4) is 0 Å². The molecule has 1 amide bonds. The third-order valence-corrected chi connectivity index (χ3v) is 6.61. The number of fused-ring (bicyclic) bond motifs is 2. The second-order valence-electron chi connectivity index (χ2n) is 8.20. The molecule has 1 atom stereocenters. The molecule has 0 radical (unpaired) electrons. The Bertz CT molecular complexity index is 1400. The Balaban J connectivity index is 1.43. The quantitative estimate of drug-likeness (QED) is 0.358. The zero-order valence-corrected chi connectivity index (χ0v) is 19.0. The summed E-state index contributed by atoms with van der Waals surface area (Å²) in [6, 6.07) is 19.2. The Morgan fingerprint density at radius 3 is 2.61 bits per heavy atom. The lowest BCUT2D eigenvalue weighted by Crippen LogP contribution is -2.42. The summed E-state index contributed by atoms with van der Waals surface area (Å²) in [6.45, 7) is 0.350. The molecule has 0 bridgehead atoms. The lowest BCUT2D eigenvalue weighted by molar-refractivity contribution is -0.135. The zero-order valence-electron chi connectivity index (χ0n) is 17.5. The van der Waals surface area contributed by atoms with Crippen molar-refractivity contribution in [3.05, 3.63) is 99.7 Å². The summed E-state index contributed by atoms with van der Waals surface area (Å²) in [5, 5.41) is 13.5. The number of H-pyrrole nitrogens is 1. The Morgan fingerprint density at radius 2 is 1.79 bits per heavy atom. The van der Waals surface area contributed by atoms with Gasteiger partial charge in [0.25, 0.3) is 5.91 Å². The molecule has 0 saturated heterocycles. The molecular weight excluding hydrogens is 459 g/mol. The first-order valence-electron chi connectivity index (χ1n) is 10.5. The minimum absolute atomic E-state index is 0.350. The SMILES string of the molecule is O=C(C[C@]1(O)C(=O)N(CCc2c[nH]c3ccc(Cl)cc23)c2ccccc21)c1cccc(Cl)c1. The van der Waals surface area contributed by atoms with Crippen molar-refractivity contribution in [2.45, 2.75) is 18.4 Å². The van der Waals surface area contributed by atoms with Gasteiger partial charge in [0.05, 0.1) is 12.1 Å². The number of rotatable bonds is 6. The molecule has 0 saturated carbocycles. The molecular formula is C26H20Cl2N2O3. The third kappa shape index (κ3) is 3.82. The molecule has 5 rings (SSSR count). The van der Waals surface area contributed by atoms with Crippen molar-refractivity contribution in [3.63, 3.8) is 0 Å². The first kappa shape index (κ1) is 21.7. The number of para-hydroxylation sites is 1. The summed E-state index contributed by atoms with van der Waals surface area (Å²) in [6.07, 6.45) is 2.10. The van der Waals surface area contributed by atoms with Crippen LogP contribution in [-0.2, 0) is 16.8 Å². The van der Waals surface area contributed by atoms with Crippen molar-refractivity contribution in [2.24, 2.45) is 0 Å². The highest BCUT2D eigenvalue weighted by atomic mass is 35.5. The van der Waals surface area contributed by atoms with Gasteiger partial charge in [-0.15, -0.1) is 0 Å². The minimum Gasteiger partial charge on any atom is -0.375 e. The highest BCUT2D eigenvalue weighted by Gasteiger charge is 2.50. The second-order valence-corrected chi connectivity index (χ2v) is 9.07. The van der Waals surface area contributed by atoms with Gasteiger partial charge in [-0.25, -0.2) is 0 Å². The summed E-state index contributed by atoms with van der Waals surface area (Å²) < 4.78 is 0. The number of halogens is 2. The molecule has 0 spiro atoms. The van der Waals surface area contributed by atoms with Gasteiger partial charge in [0.2, 0.25) is 0 Å². The van der Waals surface area contributed by atoms with Gasteiger partial charge in [0, 0.05) is 44.8 Å². The molecule has 3 aromatic carbocycles. The highest BCUT2D eigenvalue weighted by molar-refractivity contribution is 6.31. The van der Waals surface area contributed by atoms with Crippen LogP contribution in [-0.4, -0.2) is 28.3 Å². The van der Waals surface area contributed by atoms with E-state index in [-0.39, 0.29) is 12.2 Å². The van der Waals surface area contributed by atoms with Crippen LogP contribution in [0.4, 0.5) is 5.69 Å². The third-order valence-electron chi connectivity index (χ3n) is 6.14. The van der Waals surface area contributed by atoms with Crippen LogP contribution in [0.3, 0.4) is 0 Å². The Kier molecular flexibility index (Phi) is 5.49. The van der Waals surface area contributed by atoms with E-state index in [1.54, 1.807) is 47.4 Å². The van der Waals surface area contributed by atoms with Crippen molar-refractivity contribution in [2.75, 3.05) is 11.4 Å². The average molecular weight is 479 g/mol. The average Bonchev–Trinajstić information content (AvgIpc) is 3.29. The number of hydrogen-bond donors (Lipinski definition) is 2. The smallest absolute Gasteiger partial charge is 0.264 e. The molecule has 0 aliphatic carbocycles. The van der Waals surface area contributed by atoms with Crippen molar-refractivity contribution in [1.29, 1.82) is 0 Å². The number of aromatic nitrogens is 1. The number of amides is 1. The fraction of sp³-hybridized carbons (Fsp3) is 0.154. The lowest BCUT2D eigenvalue weighted by Gasteiger charge is -2.23. The van der Waals surface area contributed by atoms with Gasteiger partial charge in [-0.2, -0.15) is 0 Å². The monoisotopic (exact) mass is 478 g/mol. The van der Waals surface area contributed by atoms with Crippen LogP contribution in [0.15, 0.2) is 72.9 Å². The molecule has 166 valence electrons. The van der Waals surface area contributed by atoms with Gasteiger partial charge in [-0.1, -0.05) is 53.5 Å². The minimum atomic E-state index is -1.93. The number of nitrogens with one attached hydrogen (secondary N) is 1. The number of benzene rings is 3. The summed E-state index contributed by atoms with van der Waals surface area (Å²) in [7, 11) is 0. The molecule has 5 nitrogen and oxygen atoms in total. The number of anilines is 1. The summed E-state index contributed by atoms with van der Waals surface area (Å²) in [5.74, 6) is -0.853. The van der Waals surface area contributed by atoms with Gasteiger partial charge < -0.3 is 15.0 Å². The van der Waals surface area contributed by atoms with Crippen molar-refractivity contribution in [1.82, 2.24) is 4.98 Å². The lowest BCUT2D eigenvalue weighted by atomic mass is 9.88. The maximum Gasteiger partial charge on any atom is 0.264 e. The Morgan fingerprint density at radius 1 is 1.00 bits per heavy atom. The van der Waals surface area contributed by atoms with Gasteiger partial charge >= 0.3 is 0 Å². The maximum atomic E-state index is 13.5. The number of nitrogens with zero attached hydrogens (tertiary/aromatic N) is 1. The van der Waals surface area contributed by atoms with Crippen LogP contribution < -0.4 is 4.90 Å². The molecule has 0 unspecified atom stereocenters. The van der Waals surface area contributed by atoms with E-state index in [2.05, 4.69) is 4.98 Å². The van der Waals surface area contributed by atoms with Crippen LogP contribution >= 0.6 is 23.2 Å². The topological polar surface area (TPSA) is 73.4 Å². The molecule has 0 fully saturated rings. The molecule has 7 heteroatoms. The standard InChI is InChI=1S/C26H20Cl2N2O3/c27-18-5-3-4-16(12-18)24(31)14-26(33)21-6-1-2-7-23(21)30(25(26)32)11-10-17-15-29-22-9-8-19(28)13-20(17)22/h1-9,12-13,15,29,33H,10-11,14H2/t26-/m1/s1. The van der Waals surface area contributed by atoms with E-state index in [1.165, 1.54) is 0 Å². The van der Waals surface area contributed by atoms with Crippen LogP contribution in [0.5, 0.6) is 0 Å². The number of Topliss-reactive ketones (excluding diaryl/α,β-unsaturated/α-hetero) is 1. The summed E-state index contributed by atoms with van der Waals surface area (Å²) in [4.78, 5) is 31.2. The van der Waals surface area contributed by atoms with Crippen LogP contribution in [0, 0.1) is 0 Å². The highest BCUT2D eigenvalue weighted by Crippen LogP contribution is 2.43. The Labute approximate surface area is 200 Å². The Hall–Kier alpha value is -3.12. The number of aliphatic hydroxyl groups is 1. The van der Waals surface area contributed by atoms with Gasteiger partial charge in [0.15, 0.2) is 11.4 Å². The maximum absolute atomic E-state index is 13.5. The molecule has 1 aliphatic heterocycles. The van der Waals surface area contributed by atoms with Gasteiger partial charge in [-0.05, 0) is 48.4 Å². The number of carbonyl (C=O) groups excluding carboxylic acids is 2. The molecule has 33 heavy (non-hydrogen) atoms. The largest absolute Gasteiger partial charge is 0.375 e. The zero-order chi connectivity index (χ0) is 23.2. The molecule has 2 heterocycles. The van der Waals surface area contributed by atoms with E-state index in [4.69, 9.17) is 23.2 Å². The first-order valence-corrected chi connectivity index (χ1v) is 11.3. The van der Waals surface area contributed by atoms with Crippen LogP contribution in [0.2, 0.25) is 10.0 Å². The fourth-order valence-electron chi connectivity index (χ4n) is 4.49. The van der Waals surface area contributed by atoms with E-state index in [9.17, 15) is 14.7 Å². The van der Waals surface area contributed by atoms with Crippen LogP contribution in [0.1, 0.15) is 27.9 Å². The van der Waals surface area contributed by atoms with Crippen molar-refractivity contribution >= 4 is 51.5 Å². The van der Waals surface area contributed by atoms with E-state index in [1.807, 2.05) is 30.5 Å². The van der Waals surface area contributed by atoms with E-state index < -0.39 is 11.5 Å². The number of aromatic amines is 1. The van der Waals surface area contributed by atoms with Gasteiger partial charge in [-0.3, -0.25) is 9.59 Å². The van der Waals surface area contributed by atoms with Crippen LogP contribution in [0.25, 0.3) is 10.9 Å². The van der Waals surface area contributed by atoms with E-state index in [0.717, 1.165) is 16.5 Å². The van der Waals surface area contributed by atoms with Gasteiger partial charge in [0.1, 0.15) is 0 Å². The second kappa shape index (κ2) is 8.34. The molecule has 4 aromatic rings. The fourth-order valence-corrected chi connectivity index (χ4v) is 4.85. The molecule has 2 N–H and O–H groups in total. The molecule has 1 aromatic heterocycles. The normalized spacial score (nSPS) is 17.5. The number of ketones is 1. The van der Waals surface area contributed by atoms with Crippen molar-refractivity contribution < 1.29 is 14.7 Å². The first-order chi connectivity index (χ1) is 15.9. The van der Waals surface area contributed by atoms with E-state index in [0.29, 0.717) is 39.8 Å². The number of carbonyl (C=O) groups is 2.